The summed E-state index contributed by atoms with van der Waals surface area (Å²) in [7, 11) is 0. The van der Waals surface area contributed by atoms with Crippen LogP contribution in [-0.2, 0) is 0 Å². The number of hydrogen-bond acceptors (Lipinski definition) is 3. The van der Waals surface area contributed by atoms with E-state index in [1.54, 1.807) is 6.07 Å². The fraction of sp³-hybridized carbons (Fsp3) is 0.429. The molecule has 100 valence electrons. The molecule has 1 saturated carbocycles. The van der Waals surface area contributed by atoms with Gasteiger partial charge < -0.3 is 15.8 Å². The molecule has 0 bridgehead atoms. The van der Waals surface area contributed by atoms with Gasteiger partial charge in [0.05, 0.1) is 11.7 Å². The van der Waals surface area contributed by atoms with Crippen molar-refractivity contribution in [3.63, 3.8) is 0 Å². The molecule has 1 aromatic rings. The SMILES string of the molecule is N#Cc1ccccc1OC1CCC(NC(N)=O)CC1. The van der Waals surface area contributed by atoms with Crippen molar-refractivity contribution in [2.45, 2.75) is 37.8 Å². The second kappa shape index (κ2) is 6.10. The van der Waals surface area contributed by atoms with Gasteiger partial charge >= 0.3 is 6.03 Å². The van der Waals surface area contributed by atoms with Crippen molar-refractivity contribution in [2.75, 3.05) is 0 Å². The summed E-state index contributed by atoms with van der Waals surface area (Å²) in [4.78, 5) is 10.8. The summed E-state index contributed by atoms with van der Waals surface area (Å²) in [6, 6.07) is 9.02. The lowest BCUT2D eigenvalue weighted by Gasteiger charge is -2.29. The summed E-state index contributed by atoms with van der Waals surface area (Å²) in [5.74, 6) is 0.635. The highest BCUT2D eigenvalue weighted by Crippen LogP contribution is 2.25. The number of ether oxygens (including phenoxy) is 1. The van der Waals surface area contributed by atoms with Crippen LogP contribution in [0.25, 0.3) is 0 Å². The van der Waals surface area contributed by atoms with E-state index in [9.17, 15) is 4.79 Å². The largest absolute Gasteiger partial charge is 0.489 e. The number of hydrogen-bond donors (Lipinski definition) is 2. The summed E-state index contributed by atoms with van der Waals surface area (Å²) in [6.07, 6.45) is 3.50. The molecule has 3 N–H and O–H groups in total. The third-order valence-electron chi connectivity index (χ3n) is 3.32. The number of urea groups is 1. The van der Waals surface area contributed by atoms with Gasteiger partial charge in [-0.1, -0.05) is 12.1 Å². The first-order valence-electron chi connectivity index (χ1n) is 6.41. The van der Waals surface area contributed by atoms with E-state index < -0.39 is 6.03 Å². The molecule has 1 aliphatic carbocycles. The van der Waals surface area contributed by atoms with Crippen molar-refractivity contribution in [3.8, 4) is 11.8 Å². The quantitative estimate of drug-likeness (QED) is 0.869. The number of carbonyl (C=O) groups excluding carboxylic acids is 1. The van der Waals surface area contributed by atoms with E-state index in [0.717, 1.165) is 25.7 Å². The van der Waals surface area contributed by atoms with Gasteiger partial charge in [-0.15, -0.1) is 0 Å². The summed E-state index contributed by atoms with van der Waals surface area (Å²) < 4.78 is 5.86. The third-order valence-corrected chi connectivity index (χ3v) is 3.32. The minimum atomic E-state index is -0.473. The number of primary amides is 1. The minimum absolute atomic E-state index is 0.0976. The normalized spacial score (nSPS) is 22.3. The van der Waals surface area contributed by atoms with E-state index in [4.69, 9.17) is 15.7 Å². The molecule has 1 aliphatic rings. The molecule has 5 heteroatoms. The van der Waals surface area contributed by atoms with Crippen LogP contribution >= 0.6 is 0 Å². The fourth-order valence-electron chi connectivity index (χ4n) is 2.37. The molecule has 1 aromatic carbocycles. The van der Waals surface area contributed by atoms with E-state index in [0.29, 0.717) is 11.3 Å². The zero-order valence-corrected chi connectivity index (χ0v) is 10.6. The smallest absolute Gasteiger partial charge is 0.312 e. The van der Waals surface area contributed by atoms with Crippen LogP contribution in [0.2, 0.25) is 0 Å². The van der Waals surface area contributed by atoms with Gasteiger partial charge in [0.15, 0.2) is 0 Å². The van der Waals surface area contributed by atoms with Crippen molar-refractivity contribution < 1.29 is 9.53 Å². The fourth-order valence-corrected chi connectivity index (χ4v) is 2.37. The monoisotopic (exact) mass is 259 g/mol. The molecule has 19 heavy (non-hydrogen) atoms. The number of nitrogens with zero attached hydrogens (tertiary/aromatic N) is 1. The van der Waals surface area contributed by atoms with Crippen LogP contribution in [0.15, 0.2) is 24.3 Å². The van der Waals surface area contributed by atoms with Crippen molar-refractivity contribution in [3.05, 3.63) is 29.8 Å². The lowest BCUT2D eigenvalue weighted by atomic mass is 9.93. The first-order chi connectivity index (χ1) is 9.19. The summed E-state index contributed by atoms with van der Waals surface area (Å²) in [5, 5.41) is 11.7. The molecule has 2 amide bonds. The highest BCUT2D eigenvalue weighted by Gasteiger charge is 2.23. The zero-order chi connectivity index (χ0) is 13.7. The molecule has 0 aliphatic heterocycles. The van der Waals surface area contributed by atoms with Crippen LogP contribution in [0.5, 0.6) is 5.75 Å². The Balaban J connectivity index is 1.89. The topological polar surface area (TPSA) is 88.1 Å². The Hall–Kier alpha value is -2.22. The predicted octanol–water partition coefficient (Wildman–Crippen LogP) is 1.92. The highest BCUT2D eigenvalue weighted by atomic mass is 16.5. The number of benzene rings is 1. The second-order valence-corrected chi connectivity index (χ2v) is 4.71. The molecule has 0 heterocycles. The Morgan fingerprint density at radius 3 is 2.63 bits per heavy atom. The average Bonchev–Trinajstić information content (AvgIpc) is 2.41. The van der Waals surface area contributed by atoms with Crippen molar-refractivity contribution in [1.29, 1.82) is 5.26 Å². The average molecular weight is 259 g/mol. The molecule has 0 atom stereocenters. The van der Waals surface area contributed by atoms with Gasteiger partial charge in [-0.3, -0.25) is 0 Å². The van der Waals surface area contributed by atoms with E-state index in [-0.39, 0.29) is 12.1 Å². The maximum atomic E-state index is 10.8. The van der Waals surface area contributed by atoms with Gasteiger partial charge in [0, 0.05) is 6.04 Å². The second-order valence-electron chi connectivity index (χ2n) is 4.71. The van der Waals surface area contributed by atoms with E-state index in [2.05, 4.69) is 11.4 Å². The Kier molecular flexibility index (Phi) is 4.24. The summed E-state index contributed by atoms with van der Waals surface area (Å²) >= 11 is 0. The number of amides is 2. The molecular weight excluding hydrogens is 242 g/mol. The number of carbonyl (C=O) groups is 1. The maximum Gasteiger partial charge on any atom is 0.312 e. The number of nitriles is 1. The minimum Gasteiger partial charge on any atom is -0.489 e. The first kappa shape index (κ1) is 13.2. The Morgan fingerprint density at radius 1 is 1.32 bits per heavy atom. The standard InChI is InChI=1S/C14H17N3O2/c15-9-10-3-1-2-4-13(10)19-12-7-5-11(6-8-12)17-14(16)18/h1-4,11-12H,5-8H2,(H3,16,17,18). The Morgan fingerprint density at radius 2 is 2.00 bits per heavy atom. The molecule has 5 nitrogen and oxygen atoms in total. The van der Waals surface area contributed by atoms with Crippen LogP contribution in [-0.4, -0.2) is 18.2 Å². The van der Waals surface area contributed by atoms with Crippen LogP contribution in [0.3, 0.4) is 0 Å². The van der Waals surface area contributed by atoms with Crippen LogP contribution < -0.4 is 15.8 Å². The van der Waals surface area contributed by atoms with Gasteiger partial charge in [0.25, 0.3) is 0 Å². The highest BCUT2D eigenvalue weighted by molar-refractivity contribution is 5.71. The van der Waals surface area contributed by atoms with Crippen molar-refractivity contribution in [2.24, 2.45) is 5.73 Å². The Bertz CT molecular complexity index is 488. The van der Waals surface area contributed by atoms with Crippen LogP contribution in [0.4, 0.5) is 4.79 Å². The van der Waals surface area contributed by atoms with Gasteiger partial charge in [0.2, 0.25) is 0 Å². The molecule has 0 unspecified atom stereocenters. The molecule has 1 fully saturated rings. The Labute approximate surface area is 112 Å². The van der Waals surface area contributed by atoms with Crippen molar-refractivity contribution in [1.82, 2.24) is 5.32 Å². The van der Waals surface area contributed by atoms with Crippen LogP contribution in [0.1, 0.15) is 31.2 Å². The van der Waals surface area contributed by atoms with Gasteiger partial charge in [-0.2, -0.15) is 5.26 Å². The molecular formula is C14H17N3O2. The number of para-hydroxylation sites is 1. The van der Waals surface area contributed by atoms with Gasteiger partial charge in [0.1, 0.15) is 11.8 Å². The zero-order valence-electron chi connectivity index (χ0n) is 10.6. The number of rotatable bonds is 3. The van der Waals surface area contributed by atoms with Gasteiger partial charge in [-0.25, -0.2) is 4.79 Å². The van der Waals surface area contributed by atoms with Crippen LogP contribution in [0, 0.1) is 11.3 Å². The third kappa shape index (κ3) is 3.62. The molecule has 0 saturated heterocycles. The first-order valence-corrected chi connectivity index (χ1v) is 6.41. The molecule has 0 spiro atoms. The van der Waals surface area contributed by atoms with Crippen molar-refractivity contribution >= 4 is 6.03 Å². The summed E-state index contributed by atoms with van der Waals surface area (Å²) in [6.45, 7) is 0. The molecule has 0 radical (unpaired) electrons. The van der Waals surface area contributed by atoms with E-state index in [1.165, 1.54) is 0 Å². The predicted molar refractivity (Wildman–Crippen MR) is 70.5 cm³/mol. The van der Waals surface area contributed by atoms with E-state index in [1.807, 2.05) is 18.2 Å². The van der Waals surface area contributed by atoms with Gasteiger partial charge in [-0.05, 0) is 37.8 Å². The lowest BCUT2D eigenvalue weighted by Crippen LogP contribution is -2.42. The van der Waals surface area contributed by atoms with E-state index >= 15 is 0 Å². The summed E-state index contributed by atoms with van der Waals surface area (Å²) in [5.41, 5.74) is 5.66. The maximum absolute atomic E-state index is 10.8. The molecule has 2 rings (SSSR count). The number of nitrogens with two attached hydrogens (primary N) is 1. The lowest BCUT2D eigenvalue weighted by molar-refractivity contribution is 0.140. The number of nitrogens with one attached hydrogen (secondary N) is 1. The molecule has 0 aromatic heterocycles.